The number of hydrogen-bond acceptors (Lipinski definition) is 5. The number of aromatic nitrogens is 2. The Kier molecular flexibility index (Phi) is 4.62. The quantitative estimate of drug-likeness (QED) is 0.686. The smallest absolute Gasteiger partial charge is 0.349 e. The summed E-state index contributed by atoms with van der Waals surface area (Å²) in [6.07, 6.45) is 0. The van der Waals surface area contributed by atoms with Crippen LogP contribution >= 0.6 is 34.5 Å². The molecular formula is C16H12Cl2N2O3S. The van der Waals surface area contributed by atoms with Crippen molar-refractivity contribution in [2.45, 2.75) is 20.5 Å². The number of nitrogens with zero attached hydrogens (tertiary/aromatic N) is 1. The van der Waals surface area contributed by atoms with Crippen molar-refractivity contribution in [2.75, 3.05) is 0 Å². The highest BCUT2D eigenvalue weighted by Crippen LogP contribution is 2.29. The van der Waals surface area contributed by atoms with E-state index in [0.29, 0.717) is 42.1 Å². The third-order valence-electron chi connectivity index (χ3n) is 3.51. The summed E-state index contributed by atoms with van der Waals surface area (Å²) >= 11 is 13.3. The first-order valence-corrected chi connectivity index (χ1v) is 8.55. The molecule has 0 amide bonds. The number of carbonyl (C=O) groups excluding carboxylic acids is 1. The average molecular weight is 383 g/mol. The summed E-state index contributed by atoms with van der Waals surface area (Å²) in [5, 5.41) is 1.27. The maximum Gasteiger partial charge on any atom is 0.349 e. The van der Waals surface area contributed by atoms with E-state index in [1.54, 1.807) is 32.0 Å². The highest BCUT2D eigenvalue weighted by atomic mass is 35.5. The third kappa shape index (κ3) is 3.05. The number of ether oxygens (including phenoxy) is 1. The van der Waals surface area contributed by atoms with E-state index in [9.17, 15) is 9.59 Å². The van der Waals surface area contributed by atoms with Crippen LogP contribution in [0.5, 0.6) is 0 Å². The number of aryl methyl sites for hydroxylation is 2. The topological polar surface area (TPSA) is 72.0 Å². The van der Waals surface area contributed by atoms with Crippen LogP contribution in [-0.2, 0) is 11.3 Å². The van der Waals surface area contributed by atoms with E-state index < -0.39 is 5.97 Å². The van der Waals surface area contributed by atoms with Gasteiger partial charge in [-0.15, -0.1) is 11.3 Å². The molecule has 1 aromatic carbocycles. The molecule has 2 aromatic heterocycles. The number of halogens is 2. The second-order valence-electron chi connectivity index (χ2n) is 5.16. The zero-order valence-electron chi connectivity index (χ0n) is 12.8. The predicted molar refractivity (Wildman–Crippen MR) is 95.3 cm³/mol. The van der Waals surface area contributed by atoms with E-state index in [1.165, 1.54) is 0 Å². The van der Waals surface area contributed by atoms with Crippen LogP contribution in [0, 0.1) is 13.8 Å². The summed E-state index contributed by atoms with van der Waals surface area (Å²) in [6, 6.07) is 5.06. The second kappa shape index (κ2) is 6.55. The first-order chi connectivity index (χ1) is 11.4. The molecule has 1 N–H and O–H groups in total. The van der Waals surface area contributed by atoms with Gasteiger partial charge in [0.25, 0.3) is 5.56 Å². The maximum atomic E-state index is 12.4. The van der Waals surface area contributed by atoms with E-state index in [2.05, 4.69) is 9.97 Å². The minimum atomic E-state index is -0.538. The van der Waals surface area contributed by atoms with E-state index in [0.717, 1.165) is 11.3 Å². The van der Waals surface area contributed by atoms with E-state index in [4.69, 9.17) is 27.9 Å². The van der Waals surface area contributed by atoms with Gasteiger partial charge in [-0.1, -0.05) is 29.3 Å². The Morgan fingerprint density at radius 2 is 1.96 bits per heavy atom. The van der Waals surface area contributed by atoms with Crippen LogP contribution in [0.4, 0.5) is 0 Å². The van der Waals surface area contributed by atoms with Gasteiger partial charge >= 0.3 is 5.97 Å². The third-order valence-corrected chi connectivity index (χ3v) is 5.39. The molecule has 0 unspecified atom stereocenters. The van der Waals surface area contributed by atoms with Gasteiger partial charge in [-0.05, 0) is 31.5 Å². The molecule has 0 saturated heterocycles. The van der Waals surface area contributed by atoms with Gasteiger partial charge in [0.1, 0.15) is 22.1 Å². The van der Waals surface area contributed by atoms with Gasteiger partial charge in [-0.3, -0.25) is 4.79 Å². The number of aromatic amines is 1. The van der Waals surface area contributed by atoms with Crippen molar-refractivity contribution in [1.82, 2.24) is 9.97 Å². The van der Waals surface area contributed by atoms with Gasteiger partial charge in [0.2, 0.25) is 0 Å². The molecule has 3 aromatic rings. The number of rotatable bonds is 3. The molecule has 0 saturated carbocycles. The lowest BCUT2D eigenvalue weighted by molar-refractivity contribution is 0.0478. The Bertz CT molecular complexity index is 990. The van der Waals surface area contributed by atoms with Crippen molar-refractivity contribution in [1.29, 1.82) is 0 Å². The Hall–Kier alpha value is -1.89. The largest absolute Gasteiger partial charge is 0.457 e. The van der Waals surface area contributed by atoms with Crippen LogP contribution < -0.4 is 5.56 Å². The lowest BCUT2D eigenvalue weighted by atomic mass is 10.2. The summed E-state index contributed by atoms with van der Waals surface area (Å²) in [7, 11) is 0. The zero-order chi connectivity index (χ0) is 17.4. The summed E-state index contributed by atoms with van der Waals surface area (Å²) in [4.78, 5) is 32.2. The fourth-order valence-corrected chi connectivity index (χ4v) is 3.95. The van der Waals surface area contributed by atoms with Crippen molar-refractivity contribution in [2.24, 2.45) is 0 Å². The van der Waals surface area contributed by atoms with Gasteiger partial charge < -0.3 is 9.72 Å². The Morgan fingerprint density at radius 1 is 1.29 bits per heavy atom. The molecule has 0 aliphatic rings. The molecule has 0 bridgehead atoms. The standard InChI is InChI=1S/C16H12Cl2N2O3S/c1-7-12-14(21)19-8(2)20-15(12)24-13(7)16(22)23-6-9-10(17)4-3-5-11(9)18/h3-5H,6H2,1-2H3,(H,19,20,21). The molecular weight excluding hydrogens is 371 g/mol. The van der Waals surface area contributed by atoms with Gasteiger partial charge in [0.05, 0.1) is 5.39 Å². The molecule has 0 radical (unpaired) electrons. The molecule has 0 aliphatic heterocycles. The van der Waals surface area contributed by atoms with Crippen molar-refractivity contribution >= 4 is 50.7 Å². The van der Waals surface area contributed by atoms with Crippen molar-refractivity contribution in [3.8, 4) is 0 Å². The van der Waals surface area contributed by atoms with Crippen molar-refractivity contribution < 1.29 is 9.53 Å². The lowest BCUT2D eigenvalue weighted by Gasteiger charge is -2.07. The Labute approximate surface area is 151 Å². The van der Waals surface area contributed by atoms with Crippen LogP contribution in [0.3, 0.4) is 0 Å². The molecule has 0 spiro atoms. The number of hydrogen-bond donors (Lipinski definition) is 1. The van der Waals surface area contributed by atoms with E-state index >= 15 is 0 Å². The van der Waals surface area contributed by atoms with Crippen LogP contribution in [0.1, 0.15) is 26.6 Å². The summed E-state index contributed by atoms with van der Waals surface area (Å²) in [5.74, 6) is -0.0416. The Balaban J connectivity index is 1.91. The first-order valence-electron chi connectivity index (χ1n) is 6.98. The molecule has 0 atom stereocenters. The number of nitrogens with one attached hydrogen (secondary N) is 1. The van der Waals surface area contributed by atoms with E-state index in [1.807, 2.05) is 0 Å². The van der Waals surface area contributed by atoms with Crippen LogP contribution in [0.2, 0.25) is 10.0 Å². The zero-order valence-corrected chi connectivity index (χ0v) is 15.1. The minimum Gasteiger partial charge on any atom is -0.457 e. The van der Waals surface area contributed by atoms with Crippen molar-refractivity contribution in [3.05, 3.63) is 60.4 Å². The number of esters is 1. The molecule has 0 aliphatic carbocycles. The SMILES string of the molecule is Cc1nc2sc(C(=O)OCc3c(Cl)cccc3Cl)c(C)c2c(=O)[nH]1. The van der Waals surface area contributed by atoms with Gasteiger partial charge in [-0.2, -0.15) is 0 Å². The summed E-state index contributed by atoms with van der Waals surface area (Å²) in [5.41, 5.74) is 0.832. The number of thiophene rings is 1. The molecule has 2 heterocycles. The summed E-state index contributed by atoms with van der Waals surface area (Å²) in [6.45, 7) is 3.34. The molecule has 5 nitrogen and oxygen atoms in total. The number of carbonyl (C=O) groups is 1. The molecule has 3 rings (SSSR count). The number of H-pyrrole nitrogens is 1. The summed E-state index contributed by atoms with van der Waals surface area (Å²) < 4.78 is 5.32. The average Bonchev–Trinajstić information content (AvgIpc) is 2.83. The van der Waals surface area contributed by atoms with Gasteiger partial charge in [-0.25, -0.2) is 9.78 Å². The highest BCUT2D eigenvalue weighted by Gasteiger charge is 2.20. The van der Waals surface area contributed by atoms with E-state index in [-0.39, 0.29) is 12.2 Å². The van der Waals surface area contributed by atoms with Crippen LogP contribution in [0.15, 0.2) is 23.0 Å². The predicted octanol–water partition coefficient (Wildman–Crippen LogP) is 4.27. The van der Waals surface area contributed by atoms with Gasteiger partial charge in [0, 0.05) is 15.6 Å². The molecule has 8 heteroatoms. The number of fused-ring (bicyclic) bond motifs is 1. The Morgan fingerprint density at radius 3 is 2.62 bits per heavy atom. The van der Waals surface area contributed by atoms with Crippen LogP contribution in [-0.4, -0.2) is 15.9 Å². The highest BCUT2D eigenvalue weighted by molar-refractivity contribution is 7.20. The monoisotopic (exact) mass is 382 g/mol. The van der Waals surface area contributed by atoms with Crippen LogP contribution in [0.25, 0.3) is 10.2 Å². The molecule has 0 fully saturated rings. The first kappa shape index (κ1) is 17.0. The lowest BCUT2D eigenvalue weighted by Crippen LogP contribution is -2.10. The molecule has 24 heavy (non-hydrogen) atoms. The second-order valence-corrected chi connectivity index (χ2v) is 6.98. The minimum absolute atomic E-state index is 0.0478. The maximum absolute atomic E-state index is 12.4. The van der Waals surface area contributed by atoms with Crippen molar-refractivity contribution in [3.63, 3.8) is 0 Å². The normalized spacial score (nSPS) is 11.0. The van der Waals surface area contributed by atoms with Gasteiger partial charge in [0.15, 0.2) is 0 Å². The number of benzene rings is 1. The fourth-order valence-electron chi connectivity index (χ4n) is 2.32. The fraction of sp³-hybridized carbons (Fsp3) is 0.188. The molecule has 124 valence electrons.